The maximum atomic E-state index is 12.2. The zero-order chi connectivity index (χ0) is 20.9. The molecule has 3 unspecified atom stereocenters. The van der Waals surface area contributed by atoms with Crippen molar-refractivity contribution in [3.8, 4) is 0 Å². The minimum atomic E-state index is -2.07. The third kappa shape index (κ3) is 2.85. The van der Waals surface area contributed by atoms with Gasteiger partial charge in [-0.3, -0.25) is 14.4 Å². The first kappa shape index (κ1) is 21.3. The molecule has 2 rings (SSSR count). The maximum absolute atomic E-state index is 12.2. The van der Waals surface area contributed by atoms with E-state index in [1.807, 2.05) is 0 Å². The highest BCUT2D eigenvalue weighted by Crippen LogP contribution is 2.67. The molecule has 0 amide bonds. The van der Waals surface area contributed by atoms with Crippen LogP contribution in [0.15, 0.2) is 0 Å². The van der Waals surface area contributed by atoms with Crippen molar-refractivity contribution in [1.29, 1.82) is 0 Å². The summed E-state index contributed by atoms with van der Waals surface area (Å²) >= 11 is 0. The van der Waals surface area contributed by atoms with Crippen LogP contribution in [-0.4, -0.2) is 52.2 Å². The number of carboxylic acid groups (broad SMARTS) is 1. The van der Waals surface area contributed by atoms with E-state index in [1.54, 1.807) is 20.8 Å². The number of aldehydes is 1. The monoisotopic (exact) mass is 384 g/mol. The highest BCUT2D eigenvalue weighted by Gasteiger charge is 2.78. The molecule has 0 aromatic heterocycles. The lowest BCUT2D eigenvalue weighted by atomic mass is 9.55. The van der Waals surface area contributed by atoms with Gasteiger partial charge >= 0.3 is 17.9 Å². The molecule has 0 spiro atoms. The third-order valence-electron chi connectivity index (χ3n) is 6.49. The summed E-state index contributed by atoms with van der Waals surface area (Å²) in [6, 6.07) is 0. The van der Waals surface area contributed by atoms with Crippen molar-refractivity contribution in [1.82, 2.24) is 0 Å². The van der Waals surface area contributed by atoms with Crippen molar-refractivity contribution in [3.63, 3.8) is 0 Å². The number of fused-ring (bicyclic) bond motifs is 1. The topological polar surface area (TPSA) is 127 Å². The van der Waals surface area contributed by atoms with Crippen molar-refractivity contribution in [2.45, 2.75) is 65.8 Å². The van der Waals surface area contributed by atoms with E-state index in [-0.39, 0.29) is 6.42 Å². The van der Waals surface area contributed by atoms with Crippen LogP contribution in [0.2, 0.25) is 0 Å². The van der Waals surface area contributed by atoms with Crippen molar-refractivity contribution in [3.05, 3.63) is 0 Å². The Balaban J connectivity index is 2.78. The summed E-state index contributed by atoms with van der Waals surface area (Å²) < 4.78 is 10.9. The lowest BCUT2D eigenvalue weighted by Crippen LogP contribution is -2.65. The van der Waals surface area contributed by atoms with Gasteiger partial charge in [-0.05, 0) is 19.3 Å². The van der Waals surface area contributed by atoms with Crippen LogP contribution in [-0.2, 0) is 28.7 Å². The average molecular weight is 384 g/mol. The summed E-state index contributed by atoms with van der Waals surface area (Å²) in [4.78, 5) is 47.7. The third-order valence-corrected chi connectivity index (χ3v) is 6.49. The molecule has 152 valence electrons. The highest BCUT2D eigenvalue weighted by atomic mass is 16.6. The van der Waals surface area contributed by atoms with Gasteiger partial charge in [0.05, 0.1) is 11.3 Å². The normalized spacial score (nSPS) is 42.7. The second-order valence-electron chi connectivity index (χ2n) is 8.69. The number of hydrogen-bond donors (Lipinski definition) is 2. The van der Waals surface area contributed by atoms with Gasteiger partial charge in [0.1, 0.15) is 24.1 Å². The second-order valence-corrected chi connectivity index (χ2v) is 8.69. The van der Waals surface area contributed by atoms with Crippen LogP contribution in [0.25, 0.3) is 0 Å². The Hall–Kier alpha value is -1.96. The summed E-state index contributed by atoms with van der Waals surface area (Å²) in [5.41, 5.74) is -4.78. The number of rotatable bonds is 4. The van der Waals surface area contributed by atoms with Gasteiger partial charge in [0.15, 0.2) is 0 Å². The van der Waals surface area contributed by atoms with Crippen LogP contribution >= 0.6 is 0 Å². The summed E-state index contributed by atoms with van der Waals surface area (Å²) in [5, 5.41) is 21.7. The number of aliphatic carboxylic acids is 1. The maximum Gasteiger partial charge on any atom is 0.309 e. The Bertz CT molecular complexity index is 671. The largest absolute Gasteiger partial charge is 0.481 e. The van der Waals surface area contributed by atoms with Crippen LogP contribution in [0.1, 0.15) is 48.0 Å². The Morgan fingerprint density at radius 1 is 1.07 bits per heavy atom. The summed E-state index contributed by atoms with van der Waals surface area (Å²) in [7, 11) is 0. The predicted octanol–water partition coefficient (Wildman–Crippen LogP) is 1.18. The van der Waals surface area contributed by atoms with Gasteiger partial charge in [0.25, 0.3) is 0 Å². The van der Waals surface area contributed by atoms with Gasteiger partial charge in [-0.15, -0.1) is 0 Å². The molecule has 2 N–H and O–H groups in total. The number of hydrogen-bond acceptors (Lipinski definition) is 7. The first-order valence-electron chi connectivity index (χ1n) is 9.01. The lowest BCUT2D eigenvalue weighted by molar-refractivity contribution is -0.216. The summed E-state index contributed by atoms with van der Waals surface area (Å²) in [6.07, 6.45) is -1.20. The Kier molecular flexibility index (Phi) is 5.20. The molecule has 8 nitrogen and oxygen atoms in total. The first-order chi connectivity index (χ1) is 12.2. The fourth-order valence-corrected chi connectivity index (χ4v) is 5.77. The SMILES string of the molecule is CC(=O)OC1C(C)(C)[C@@H]2[C@@H](OC(C)=O)C[C@@H](C)C(C(=O)O)[C@]2(O)C1(C)C=O. The van der Waals surface area contributed by atoms with Gasteiger partial charge in [-0.1, -0.05) is 20.8 Å². The van der Waals surface area contributed by atoms with Gasteiger partial charge in [-0.25, -0.2) is 0 Å². The molecule has 2 fully saturated rings. The molecule has 0 heterocycles. The zero-order valence-electron chi connectivity index (χ0n) is 16.5. The number of aliphatic hydroxyl groups is 1. The fourth-order valence-electron chi connectivity index (χ4n) is 5.77. The number of esters is 2. The predicted molar refractivity (Wildman–Crippen MR) is 92.4 cm³/mol. The van der Waals surface area contributed by atoms with Crippen LogP contribution in [0.4, 0.5) is 0 Å². The van der Waals surface area contributed by atoms with E-state index < -0.39 is 64.3 Å². The van der Waals surface area contributed by atoms with E-state index in [4.69, 9.17) is 9.47 Å². The van der Waals surface area contributed by atoms with Crippen LogP contribution in [0, 0.1) is 28.6 Å². The van der Waals surface area contributed by atoms with Crippen molar-refractivity contribution in [2.24, 2.45) is 28.6 Å². The number of carbonyl (C=O) groups excluding carboxylic acids is 3. The van der Waals surface area contributed by atoms with Gasteiger partial charge in [-0.2, -0.15) is 0 Å². The molecular weight excluding hydrogens is 356 g/mol. The smallest absolute Gasteiger partial charge is 0.309 e. The van der Waals surface area contributed by atoms with E-state index in [1.165, 1.54) is 20.8 Å². The van der Waals surface area contributed by atoms with E-state index >= 15 is 0 Å². The van der Waals surface area contributed by atoms with Crippen molar-refractivity contribution in [2.75, 3.05) is 0 Å². The average Bonchev–Trinajstić information content (AvgIpc) is 2.61. The second kappa shape index (κ2) is 6.58. The summed E-state index contributed by atoms with van der Waals surface area (Å²) in [6.45, 7) is 8.85. The standard InChI is InChI=1S/C19H28O8/c1-9-7-12(26-10(2)21)14-17(4,5)16(27-11(3)22)18(6,8-20)19(14,25)13(9)15(23)24/h8-9,12-14,16,25H,7H2,1-6H3,(H,23,24)/t9-,12+,13?,14+,16?,18?,19-/m1/s1. The van der Waals surface area contributed by atoms with E-state index in [2.05, 4.69) is 0 Å². The molecule has 8 heteroatoms. The molecule has 0 bridgehead atoms. The molecule has 0 aromatic carbocycles. The lowest BCUT2D eigenvalue weighted by Gasteiger charge is -2.52. The number of carbonyl (C=O) groups is 4. The molecular formula is C19H28O8. The van der Waals surface area contributed by atoms with Gasteiger partial charge < -0.3 is 24.5 Å². The number of carboxylic acids is 1. The van der Waals surface area contributed by atoms with E-state index in [0.717, 1.165) is 0 Å². The Labute approximate surface area is 158 Å². The number of ether oxygens (including phenoxy) is 2. The molecule has 0 aliphatic heterocycles. The molecule has 27 heavy (non-hydrogen) atoms. The molecule has 7 atom stereocenters. The van der Waals surface area contributed by atoms with Gasteiger partial charge in [0, 0.05) is 25.2 Å². The zero-order valence-corrected chi connectivity index (χ0v) is 16.5. The first-order valence-corrected chi connectivity index (χ1v) is 9.01. The van der Waals surface area contributed by atoms with E-state index in [9.17, 15) is 29.4 Å². The molecule has 0 saturated heterocycles. The molecule has 2 aliphatic rings. The van der Waals surface area contributed by atoms with Crippen molar-refractivity contribution < 1.29 is 38.9 Å². The minimum absolute atomic E-state index is 0.217. The molecule has 2 aliphatic carbocycles. The van der Waals surface area contributed by atoms with Crippen molar-refractivity contribution >= 4 is 24.2 Å². The molecule has 2 saturated carbocycles. The quantitative estimate of drug-likeness (QED) is 0.546. The van der Waals surface area contributed by atoms with Crippen LogP contribution < -0.4 is 0 Å². The van der Waals surface area contributed by atoms with E-state index in [0.29, 0.717) is 6.29 Å². The van der Waals surface area contributed by atoms with Crippen LogP contribution in [0.3, 0.4) is 0 Å². The Morgan fingerprint density at radius 2 is 1.59 bits per heavy atom. The molecule has 0 aromatic rings. The highest BCUT2D eigenvalue weighted by molar-refractivity contribution is 5.77. The van der Waals surface area contributed by atoms with Gasteiger partial charge in [0.2, 0.25) is 0 Å². The summed E-state index contributed by atoms with van der Waals surface area (Å²) in [5.74, 6) is -5.23. The molecule has 0 radical (unpaired) electrons. The fraction of sp³-hybridized carbons (Fsp3) is 0.789. The Morgan fingerprint density at radius 3 is 2.00 bits per heavy atom. The van der Waals surface area contributed by atoms with Crippen LogP contribution in [0.5, 0.6) is 0 Å². The minimum Gasteiger partial charge on any atom is -0.481 e.